The predicted octanol–water partition coefficient (Wildman–Crippen LogP) is 0.925. The van der Waals surface area contributed by atoms with Crippen molar-refractivity contribution in [2.24, 2.45) is 0 Å². The topological polar surface area (TPSA) is 20.2 Å². The van der Waals surface area contributed by atoms with Crippen LogP contribution in [0.25, 0.3) is 0 Å². The van der Waals surface area contributed by atoms with Crippen LogP contribution in [0.15, 0.2) is 0 Å². The first-order valence-corrected chi connectivity index (χ1v) is 2.36. The number of aliphatic hydroxyl groups excluding tert-OH is 1. The number of aliphatic hydroxyl groups is 1. The Labute approximate surface area is 40.1 Å². The maximum atomic E-state index is 8.00. The molecule has 0 unspecified atom stereocenters. The fraction of sp³-hybridized carbons (Fsp3) is 0.667. The lowest BCUT2D eigenvalue weighted by molar-refractivity contribution is 0.301. The highest BCUT2D eigenvalue weighted by Crippen LogP contribution is 1.90. The smallest absolute Gasteiger partial charge is 0.0442 e. The third-order valence-electron chi connectivity index (χ3n) is 0.238. The summed E-state index contributed by atoms with van der Waals surface area (Å²) in [6.45, 7) is 0.241. The van der Waals surface area contributed by atoms with Gasteiger partial charge in [-0.05, 0) is 6.42 Å². The molecule has 2 heteroatoms. The molecule has 0 aromatic heterocycles. The Balaban J connectivity index is 2.19. The molecule has 0 saturated carbocycles. The van der Waals surface area contributed by atoms with E-state index in [1.807, 2.05) is 0 Å². The Kier molecular flexibility index (Phi) is 4.83. The minimum Gasteiger partial charge on any atom is -0.396 e. The summed E-state index contributed by atoms with van der Waals surface area (Å²) in [6, 6.07) is 0. The van der Waals surface area contributed by atoms with Gasteiger partial charge in [-0.15, -0.1) is 0 Å². The lowest BCUT2D eigenvalue weighted by Crippen LogP contribution is -1.74. The van der Waals surface area contributed by atoms with Gasteiger partial charge in [-0.1, -0.05) is 15.9 Å². The molecule has 0 aliphatic carbocycles. The number of rotatable bonds is 2. The van der Waals surface area contributed by atoms with E-state index in [-0.39, 0.29) is 6.61 Å². The van der Waals surface area contributed by atoms with Crippen LogP contribution in [-0.4, -0.2) is 11.7 Å². The van der Waals surface area contributed by atoms with Crippen LogP contribution in [0.4, 0.5) is 0 Å². The van der Waals surface area contributed by atoms with E-state index >= 15 is 0 Å². The van der Waals surface area contributed by atoms with Gasteiger partial charge in [-0.2, -0.15) is 0 Å². The highest BCUT2D eigenvalue weighted by molar-refractivity contribution is 9.10. The van der Waals surface area contributed by atoms with E-state index < -0.39 is 0 Å². The van der Waals surface area contributed by atoms with Crippen molar-refractivity contribution in [1.82, 2.24) is 0 Å². The van der Waals surface area contributed by atoms with Crippen molar-refractivity contribution in [2.45, 2.75) is 6.42 Å². The lowest BCUT2D eigenvalue weighted by atomic mass is 10.5. The molecule has 0 spiro atoms. The van der Waals surface area contributed by atoms with Crippen LogP contribution in [0.2, 0.25) is 0 Å². The van der Waals surface area contributed by atoms with Gasteiger partial charge in [0.2, 0.25) is 0 Å². The molecule has 1 N–H and O–H groups in total. The summed E-state index contributed by atoms with van der Waals surface area (Å²) >= 11 is 3.02. The van der Waals surface area contributed by atoms with Crippen molar-refractivity contribution < 1.29 is 5.11 Å². The van der Waals surface area contributed by atoms with Crippen LogP contribution in [0.5, 0.6) is 0 Å². The summed E-state index contributed by atoms with van der Waals surface area (Å²) in [5.74, 6) is 0. The van der Waals surface area contributed by atoms with Crippen molar-refractivity contribution in [3.63, 3.8) is 0 Å². The number of hydrogen-bond donors (Lipinski definition) is 1. The fourth-order valence-electron chi connectivity index (χ4n) is 0.0488. The molecule has 1 nitrogen and oxygen atoms in total. The summed E-state index contributed by atoms with van der Waals surface area (Å²) in [7, 11) is 0. The molecule has 0 aromatic carbocycles. The first kappa shape index (κ1) is 5.44. The van der Waals surface area contributed by atoms with Crippen LogP contribution in [-0.2, 0) is 0 Å². The van der Waals surface area contributed by atoms with Gasteiger partial charge < -0.3 is 5.11 Å². The van der Waals surface area contributed by atoms with Crippen molar-refractivity contribution >= 4 is 15.9 Å². The molecular formula is C3H6BrO. The second-order valence-electron chi connectivity index (χ2n) is 0.667. The van der Waals surface area contributed by atoms with Crippen molar-refractivity contribution in [3.05, 3.63) is 5.33 Å². The van der Waals surface area contributed by atoms with Crippen LogP contribution in [0.1, 0.15) is 6.42 Å². The van der Waals surface area contributed by atoms with E-state index in [0.717, 1.165) is 6.42 Å². The van der Waals surface area contributed by atoms with Crippen molar-refractivity contribution in [3.8, 4) is 0 Å². The van der Waals surface area contributed by atoms with E-state index in [4.69, 9.17) is 5.11 Å². The van der Waals surface area contributed by atoms with E-state index in [9.17, 15) is 0 Å². The normalized spacial score (nSPS) is 8.40. The molecule has 0 aliphatic heterocycles. The molecule has 0 fully saturated rings. The van der Waals surface area contributed by atoms with Gasteiger partial charge in [0.05, 0.1) is 0 Å². The summed E-state index contributed by atoms with van der Waals surface area (Å²) in [5, 5.41) is 9.75. The number of halogens is 1. The monoisotopic (exact) mass is 137 g/mol. The molecule has 0 rings (SSSR count). The average molecular weight is 138 g/mol. The standard InChI is InChI=1S/C3H6BrO/c4-2-1-3-5/h2,5H,1,3H2. The highest BCUT2D eigenvalue weighted by atomic mass is 79.9. The lowest BCUT2D eigenvalue weighted by Gasteiger charge is -1.77. The minimum absolute atomic E-state index is 0.241. The molecule has 1 radical (unpaired) electrons. The molecular weight excluding hydrogens is 132 g/mol. The molecule has 0 aliphatic rings. The summed E-state index contributed by atoms with van der Waals surface area (Å²) < 4.78 is 0. The van der Waals surface area contributed by atoms with Crippen molar-refractivity contribution in [1.29, 1.82) is 0 Å². The Morgan fingerprint density at radius 1 is 1.80 bits per heavy atom. The highest BCUT2D eigenvalue weighted by Gasteiger charge is 1.71. The molecule has 31 valence electrons. The largest absolute Gasteiger partial charge is 0.396 e. The van der Waals surface area contributed by atoms with E-state index in [0.29, 0.717) is 0 Å². The zero-order valence-electron chi connectivity index (χ0n) is 2.82. The molecule has 0 atom stereocenters. The molecule has 0 amide bonds. The maximum absolute atomic E-state index is 8.00. The molecule has 0 heterocycles. The van der Waals surface area contributed by atoms with E-state index in [1.54, 1.807) is 5.33 Å². The number of hydrogen-bond acceptors (Lipinski definition) is 1. The van der Waals surface area contributed by atoms with Gasteiger partial charge in [-0.3, -0.25) is 0 Å². The van der Waals surface area contributed by atoms with Gasteiger partial charge in [0.1, 0.15) is 0 Å². The summed E-state index contributed by atoms with van der Waals surface area (Å²) in [5.41, 5.74) is 0. The van der Waals surface area contributed by atoms with Crippen molar-refractivity contribution in [2.75, 3.05) is 6.61 Å². The molecule has 0 aromatic rings. The molecule has 0 saturated heterocycles. The Morgan fingerprint density at radius 2 is 2.40 bits per heavy atom. The fourth-order valence-corrected chi connectivity index (χ4v) is 0.254. The van der Waals surface area contributed by atoms with Crippen LogP contribution < -0.4 is 0 Å². The van der Waals surface area contributed by atoms with Crippen LogP contribution >= 0.6 is 15.9 Å². The second-order valence-corrected chi connectivity index (χ2v) is 1.31. The van der Waals surface area contributed by atoms with Crippen LogP contribution in [0.3, 0.4) is 0 Å². The quantitative estimate of drug-likeness (QED) is 0.601. The van der Waals surface area contributed by atoms with Gasteiger partial charge in [0, 0.05) is 11.9 Å². The van der Waals surface area contributed by atoms with E-state index in [2.05, 4.69) is 15.9 Å². The summed E-state index contributed by atoms with van der Waals surface area (Å²) in [4.78, 5) is 0. The van der Waals surface area contributed by atoms with E-state index in [1.165, 1.54) is 0 Å². The predicted molar refractivity (Wildman–Crippen MR) is 24.9 cm³/mol. The van der Waals surface area contributed by atoms with Gasteiger partial charge >= 0.3 is 0 Å². The van der Waals surface area contributed by atoms with Gasteiger partial charge in [-0.25, -0.2) is 0 Å². The van der Waals surface area contributed by atoms with Gasteiger partial charge in [0.15, 0.2) is 0 Å². The zero-order valence-corrected chi connectivity index (χ0v) is 4.40. The third kappa shape index (κ3) is 4.44. The Hall–Kier alpha value is 0.440. The summed E-state index contributed by atoms with van der Waals surface area (Å²) in [6.07, 6.45) is 0.736. The van der Waals surface area contributed by atoms with Gasteiger partial charge in [0.25, 0.3) is 0 Å². The maximum Gasteiger partial charge on any atom is 0.0442 e. The zero-order chi connectivity index (χ0) is 4.12. The third-order valence-corrected chi connectivity index (χ3v) is 0.696. The average Bonchev–Trinajstić information content (AvgIpc) is 1.41. The first-order valence-electron chi connectivity index (χ1n) is 1.44. The molecule has 0 bridgehead atoms. The molecule has 5 heavy (non-hydrogen) atoms. The van der Waals surface area contributed by atoms with Crippen LogP contribution in [0, 0.1) is 5.33 Å². The Bertz CT molecular complexity index is 14.4. The SMILES string of the molecule is OCC[CH]Br. The Morgan fingerprint density at radius 3 is 2.40 bits per heavy atom. The second kappa shape index (κ2) is 4.44. The minimum atomic E-state index is 0.241. The first-order chi connectivity index (χ1) is 2.41.